The van der Waals surface area contributed by atoms with Gasteiger partial charge in [-0.2, -0.15) is 0 Å². The Balaban J connectivity index is 2.07. The van der Waals surface area contributed by atoms with Gasteiger partial charge >= 0.3 is 11.9 Å². The Morgan fingerprint density at radius 2 is 0.816 bits per heavy atom. The predicted octanol–water partition coefficient (Wildman–Crippen LogP) is 12.0. The highest BCUT2D eigenvalue weighted by Crippen LogP contribution is 2.28. The molecule has 0 aliphatic carbocycles. The van der Waals surface area contributed by atoms with Gasteiger partial charge in [0.05, 0.1) is 39.0 Å². The maximum atomic E-state index is 12.5. The third kappa shape index (κ3) is 28.3. The summed E-state index contributed by atoms with van der Waals surface area (Å²) in [6.07, 6.45) is 45.3. The predicted molar refractivity (Wildman–Crippen MR) is 209 cm³/mol. The molecule has 2 atom stereocenters. The number of carbonyl (C=O) groups excluding carboxylic acids is 2. The highest BCUT2D eigenvalue weighted by Gasteiger charge is 2.41. The molecule has 1 aliphatic rings. The number of rotatable bonds is 32. The Bertz CT molecular complexity index is 846. The lowest BCUT2D eigenvalue weighted by molar-refractivity contribution is -0.880. The van der Waals surface area contributed by atoms with Crippen LogP contribution in [0.15, 0.2) is 48.6 Å². The minimum Gasteiger partial charge on any atom is -0.465 e. The van der Waals surface area contributed by atoms with Gasteiger partial charge in [0.1, 0.15) is 13.2 Å². The molecule has 0 aromatic heterocycles. The lowest BCUT2D eigenvalue weighted by Crippen LogP contribution is -2.37. The first-order valence-corrected chi connectivity index (χ1v) is 20.6. The molecular formula is C44H78NO4+. The van der Waals surface area contributed by atoms with Crippen LogP contribution in [-0.4, -0.2) is 56.8 Å². The smallest absolute Gasteiger partial charge is 0.305 e. The first-order valence-electron chi connectivity index (χ1n) is 20.6. The molecule has 5 nitrogen and oxygen atoms in total. The second-order valence-corrected chi connectivity index (χ2v) is 15.1. The molecule has 0 bridgehead atoms. The summed E-state index contributed by atoms with van der Waals surface area (Å²) in [6, 6.07) is 0. The highest BCUT2D eigenvalue weighted by molar-refractivity contribution is 5.69. The third-order valence-electron chi connectivity index (χ3n) is 9.70. The molecule has 0 aromatic carbocycles. The van der Waals surface area contributed by atoms with Gasteiger partial charge in [0.2, 0.25) is 0 Å². The maximum absolute atomic E-state index is 12.5. The lowest BCUT2D eigenvalue weighted by Gasteiger charge is -2.23. The van der Waals surface area contributed by atoms with Crippen LogP contribution >= 0.6 is 0 Å². The molecule has 1 saturated heterocycles. The molecule has 0 radical (unpaired) electrons. The Hall–Kier alpha value is -2.14. The maximum Gasteiger partial charge on any atom is 0.305 e. The minimum absolute atomic E-state index is 0.0834. The van der Waals surface area contributed by atoms with Crippen LogP contribution in [0.4, 0.5) is 0 Å². The molecule has 1 heterocycles. The molecule has 1 rings (SSSR count). The van der Waals surface area contributed by atoms with Gasteiger partial charge in [-0.05, 0) is 77.0 Å². The van der Waals surface area contributed by atoms with Crippen LogP contribution in [0.25, 0.3) is 0 Å². The fraction of sp³-hybridized carbons (Fsp3) is 0.773. The van der Waals surface area contributed by atoms with Gasteiger partial charge in [-0.3, -0.25) is 9.59 Å². The Labute approximate surface area is 303 Å². The largest absolute Gasteiger partial charge is 0.465 e. The van der Waals surface area contributed by atoms with Crippen LogP contribution in [0.1, 0.15) is 168 Å². The van der Waals surface area contributed by atoms with E-state index in [-0.39, 0.29) is 23.8 Å². The average Bonchev–Trinajstić information content (AvgIpc) is 3.39. The van der Waals surface area contributed by atoms with E-state index in [0.29, 0.717) is 26.1 Å². The van der Waals surface area contributed by atoms with Crippen LogP contribution in [0.5, 0.6) is 0 Å². The van der Waals surface area contributed by atoms with Crippen molar-refractivity contribution in [1.29, 1.82) is 0 Å². The zero-order valence-corrected chi connectivity index (χ0v) is 32.7. The second-order valence-electron chi connectivity index (χ2n) is 15.1. The summed E-state index contributed by atoms with van der Waals surface area (Å²) in [5.41, 5.74) is 0. The quantitative estimate of drug-likeness (QED) is 0.0306. The van der Waals surface area contributed by atoms with Gasteiger partial charge in [0, 0.05) is 12.8 Å². The summed E-state index contributed by atoms with van der Waals surface area (Å²) >= 11 is 0. The second kappa shape index (κ2) is 31.8. The van der Waals surface area contributed by atoms with Crippen LogP contribution < -0.4 is 0 Å². The summed E-state index contributed by atoms with van der Waals surface area (Å²) in [6.45, 7) is 7.27. The van der Waals surface area contributed by atoms with Crippen LogP contribution in [0.3, 0.4) is 0 Å². The van der Waals surface area contributed by atoms with Gasteiger partial charge in [-0.25, -0.2) is 0 Å². The lowest BCUT2D eigenvalue weighted by atomic mass is 9.98. The molecular weight excluding hydrogens is 606 g/mol. The zero-order chi connectivity index (χ0) is 35.7. The topological polar surface area (TPSA) is 52.6 Å². The van der Waals surface area contributed by atoms with Gasteiger partial charge in [0.25, 0.3) is 0 Å². The van der Waals surface area contributed by atoms with E-state index in [1.54, 1.807) is 0 Å². The monoisotopic (exact) mass is 685 g/mol. The number of likely N-dealkylation sites (tertiary alicyclic amines) is 1. The molecule has 5 heteroatoms. The molecule has 282 valence electrons. The molecule has 1 unspecified atom stereocenters. The zero-order valence-electron chi connectivity index (χ0n) is 32.7. The standard InChI is InChI=1S/C44H78NO4/c1-5-7-9-11-13-15-17-19-21-23-25-27-29-31-33-35-43(46)48-39-41-37-45(3,4)38-42(41)40-49-44(47)36-34-32-30-28-26-24-22-20-18-16-14-12-10-8-6-2/h13-16,19-22,41-42H,5-12,17-18,23-40H2,1-4H3/q+1/t41-,42?/m0/s1. The van der Waals surface area contributed by atoms with Crippen molar-refractivity contribution in [3.05, 3.63) is 48.6 Å². The molecule has 0 amide bonds. The molecule has 0 aromatic rings. The number of unbranched alkanes of at least 4 members (excludes halogenated alkanes) is 16. The number of carbonyl (C=O) groups is 2. The van der Waals surface area contributed by atoms with Crippen molar-refractivity contribution in [1.82, 2.24) is 0 Å². The normalized spacial score (nSPS) is 17.7. The fourth-order valence-corrected chi connectivity index (χ4v) is 6.73. The number of ether oxygens (including phenoxy) is 2. The van der Waals surface area contributed by atoms with Crippen molar-refractivity contribution in [2.24, 2.45) is 11.8 Å². The molecule has 0 N–H and O–H groups in total. The van der Waals surface area contributed by atoms with E-state index in [2.05, 4.69) is 76.6 Å². The molecule has 1 fully saturated rings. The SMILES string of the molecule is CCCCCC=CCC=CCCCCCCCC(=O)OCC1C[N+](C)(C)C[C@H]1COC(=O)CCCCCCCC=CCC=CCCCCC. The Kier molecular flexibility index (Phi) is 29.1. The molecule has 0 saturated carbocycles. The highest BCUT2D eigenvalue weighted by atomic mass is 16.5. The number of hydrogen-bond donors (Lipinski definition) is 0. The van der Waals surface area contributed by atoms with Crippen molar-refractivity contribution in [3.63, 3.8) is 0 Å². The van der Waals surface area contributed by atoms with E-state index in [1.165, 1.54) is 89.9 Å². The molecule has 49 heavy (non-hydrogen) atoms. The number of esters is 2. The van der Waals surface area contributed by atoms with Crippen molar-refractivity contribution in [2.75, 3.05) is 40.4 Å². The van der Waals surface area contributed by atoms with E-state index in [0.717, 1.165) is 68.9 Å². The summed E-state index contributed by atoms with van der Waals surface area (Å²) in [7, 11) is 4.42. The first kappa shape index (κ1) is 44.9. The van der Waals surface area contributed by atoms with Gasteiger partial charge in [-0.15, -0.1) is 0 Å². The van der Waals surface area contributed by atoms with Gasteiger partial charge in [-0.1, -0.05) is 127 Å². The summed E-state index contributed by atoms with van der Waals surface area (Å²) < 4.78 is 12.3. The van der Waals surface area contributed by atoms with Gasteiger partial charge in [0.15, 0.2) is 0 Å². The van der Waals surface area contributed by atoms with E-state index < -0.39 is 0 Å². The van der Waals surface area contributed by atoms with Gasteiger partial charge < -0.3 is 14.0 Å². The molecule has 1 aliphatic heterocycles. The molecule has 0 spiro atoms. The summed E-state index contributed by atoms with van der Waals surface area (Å²) in [4.78, 5) is 24.9. The fourth-order valence-electron chi connectivity index (χ4n) is 6.73. The Morgan fingerprint density at radius 3 is 1.18 bits per heavy atom. The number of allylic oxidation sites excluding steroid dienone is 8. The van der Waals surface area contributed by atoms with E-state index >= 15 is 0 Å². The van der Waals surface area contributed by atoms with Crippen LogP contribution in [-0.2, 0) is 19.1 Å². The number of quaternary nitrogens is 1. The van der Waals surface area contributed by atoms with Crippen molar-refractivity contribution in [3.8, 4) is 0 Å². The minimum atomic E-state index is -0.0834. The van der Waals surface area contributed by atoms with Crippen LogP contribution in [0, 0.1) is 11.8 Å². The average molecular weight is 685 g/mol. The van der Waals surface area contributed by atoms with E-state index in [4.69, 9.17) is 9.47 Å². The van der Waals surface area contributed by atoms with Crippen molar-refractivity contribution >= 4 is 11.9 Å². The van der Waals surface area contributed by atoms with Crippen molar-refractivity contribution in [2.45, 2.75) is 168 Å². The first-order chi connectivity index (χ1) is 23.9. The summed E-state index contributed by atoms with van der Waals surface area (Å²) in [5, 5.41) is 0. The third-order valence-corrected chi connectivity index (χ3v) is 9.70. The number of nitrogens with zero attached hydrogens (tertiary/aromatic N) is 1. The Morgan fingerprint density at radius 1 is 0.490 bits per heavy atom. The number of hydrogen-bond acceptors (Lipinski definition) is 4. The van der Waals surface area contributed by atoms with E-state index in [9.17, 15) is 9.59 Å². The van der Waals surface area contributed by atoms with Crippen LogP contribution in [0.2, 0.25) is 0 Å². The summed E-state index contributed by atoms with van der Waals surface area (Å²) in [5.74, 6) is 0.319. The van der Waals surface area contributed by atoms with E-state index in [1.807, 2.05) is 0 Å². The van der Waals surface area contributed by atoms with Crippen molar-refractivity contribution < 1.29 is 23.5 Å².